The van der Waals surface area contributed by atoms with Gasteiger partial charge < -0.3 is 10.0 Å². The number of hydrogen-bond donors (Lipinski definition) is 1. The van der Waals surface area contributed by atoms with Crippen molar-refractivity contribution in [3.05, 3.63) is 29.8 Å². The molecule has 100 valence electrons. The fraction of sp³-hybridized carbons (Fsp3) is 0.500. The molecule has 1 rings (SSSR count). The summed E-state index contributed by atoms with van der Waals surface area (Å²) < 4.78 is 0. The van der Waals surface area contributed by atoms with Gasteiger partial charge in [0.25, 0.3) is 0 Å². The van der Waals surface area contributed by atoms with Crippen molar-refractivity contribution in [3.63, 3.8) is 0 Å². The first-order valence-electron chi connectivity index (χ1n) is 6.14. The highest BCUT2D eigenvalue weighted by molar-refractivity contribution is 8.00. The Balaban J connectivity index is 2.51. The molecule has 0 fully saturated rings. The van der Waals surface area contributed by atoms with Gasteiger partial charge in [0.05, 0.1) is 12.4 Å². The van der Waals surface area contributed by atoms with E-state index < -0.39 is 0 Å². The molecule has 0 heterocycles. The summed E-state index contributed by atoms with van der Waals surface area (Å²) in [6.07, 6.45) is 0. The van der Waals surface area contributed by atoms with Crippen LogP contribution in [0.5, 0.6) is 0 Å². The molecule has 0 saturated carbocycles. The van der Waals surface area contributed by atoms with Gasteiger partial charge in [-0.05, 0) is 32.9 Å². The van der Waals surface area contributed by atoms with Gasteiger partial charge in [0.1, 0.15) is 0 Å². The van der Waals surface area contributed by atoms with Crippen molar-refractivity contribution < 1.29 is 9.90 Å². The molecule has 1 aromatic carbocycles. The van der Waals surface area contributed by atoms with Crippen LogP contribution < -0.4 is 0 Å². The smallest absolute Gasteiger partial charge is 0.233 e. The molecule has 1 aromatic rings. The van der Waals surface area contributed by atoms with Gasteiger partial charge in [0, 0.05) is 17.5 Å². The van der Waals surface area contributed by atoms with Crippen LogP contribution >= 0.6 is 11.8 Å². The number of nitrogens with zero attached hydrogens (tertiary/aromatic N) is 1. The number of thioether (sulfide) groups is 1. The predicted molar refractivity (Wildman–Crippen MR) is 75.8 cm³/mol. The van der Waals surface area contributed by atoms with Crippen LogP contribution in [0.25, 0.3) is 0 Å². The summed E-state index contributed by atoms with van der Waals surface area (Å²) in [5.41, 5.74) is 1.22. The minimum atomic E-state index is 0.0130. The highest BCUT2D eigenvalue weighted by Gasteiger charge is 2.16. The van der Waals surface area contributed by atoms with E-state index in [1.807, 2.05) is 45.0 Å². The van der Waals surface area contributed by atoms with Crippen molar-refractivity contribution in [2.24, 2.45) is 0 Å². The molecule has 0 saturated heterocycles. The lowest BCUT2D eigenvalue weighted by atomic mass is 10.2. The second kappa shape index (κ2) is 7.44. The zero-order valence-electron chi connectivity index (χ0n) is 11.2. The van der Waals surface area contributed by atoms with E-state index in [1.54, 1.807) is 4.90 Å². The summed E-state index contributed by atoms with van der Waals surface area (Å²) in [6, 6.07) is 8.27. The van der Waals surface area contributed by atoms with Crippen LogP contribution in [0.15, 0.2) is 29.2 Å². The van der Waals surface area contributed by atoms with Crippen LogP contribution in [0.4, 0.5) is 0 Å². The first kappa shape index (κ1) is 15.1. The second-order valence-electron chi connectivity index (χ2n) is 4.51. The molecular formula is C14H21NO2S. The minimum absolute atomic E-state index is 0.0130. The largest absolute Gasteiger partial charge is 0.395 e. The molecule has 0 radical (unpaired) electrons. The van der Waals surface area contributed by atoms with Gasteiger partial charge >= 0.3 is 0 Å². The molecule has 1 amide bonds. The molecule has 0 atom stereocenters. The van der Waals surface area contributed by atoms with Crippen molar-refractivity contribution >= 4 is 17.7 Å². The van der Waals surface area contributed by atoms with E-state index >= 15 is 0 Å². The molecule has 0 aliphatic heterocycles. The van der Waals surface area contributed by atoms with Gasteiger partial charge in [0.15, 0.2) is 0 Å². The number of hydrogen-bond acceptors (Lipinski definition) is 3. The van der Waals surface area contributed by atoms with E-state index in [0.717, 1.165) is 4.90 Å². The lowest BCUT2D eigenvalue weighted by Gasteiger charge is -2.25. The molecule has 0 aromatic heterocycles. The first-order valence-corrected chi connectivity index (χ1v) is 7.13. The number of amides is 1. The maximum Gasteiger partial charge on any atom is 0.233 e. The molecule has 0 aliphatic carbocycles. The fourth-order valence-corrected chi connectivity index (χ4v) is 2.43. The van der Waals surface area contributed by atoms with Gasteiger partial charge in [0.2, 0.25) is 5.91 Å². The monoisotopic (exact) mass is 267 g/mol. The van der Waals surface area contributed by atoms with Crippen LogP contribution in [0.1, 0.15) is 19.4 Å². The zero-order chi connectivity index (χ0) is 13.5. The van der Waals surface area contributed by atoms with E-state index in [1.165, 1.54) is 17.3 Å². The molecule has 0 bridgehead atoms. The predicted octanol–water partition coefficient (Wildman–Crippen LogP) is 2.32. The molecular weight excluding hydrogens is 246 g/mol. The quantitative estimate of drug-likeness (QED) is 0.804. The average molecular weight is 267 g/mol. The maximum atomic E-state index is 12.0. The summed E-state index contributed by atoms with van der Waals surface area (Å²) in [4.78, 5) is 14.8. The Hall–Kier alpha value is -1.00. The van der Waals surface area contributed by atoms with Crippen molar-refractivity contribution in [1.29, 1.82) is 0 Å². The van der Waals surface area contributed by atoms with Crippen LogP contribution in [0.3, 0.4) is 0 Å². The Kier molecular flexibility index (Phi) is 6.22. The number of aryl methyl sites for hydroxylation is 1. The summed E-state index contributed by atoms with van der Waals surface area (Å²) >= 11 is 1.54. The number of aliphatic hydroxyl groups is 1. The SMILES string of the molecule is Cc1ccc(SCC(=O)N(CCO)C(C)C)cc1. The van der Waals surface area contributed by atoms with Crippen molar-refractivity contribution in [3.8, 4) is 0 Å². The Morgan fingerprint density at radius 2 is 1.94 bits per heavy atom. The van der Waals surface area contributed by atoms with Crippen LogP contribution in [0, 0.1) is 6.92 Å². The van der Waals surface area contributed by atoms with E-state index in [-0.39, 0.29) is 18.6 Å². The van der Waals surface area contributed by atoms with Gasteiger partial charge in [-0.1, -0.05) is 17.7 Å². The minimum Gasteiger partial charge on any atom is -0.395 e. The Morgan fingerprint density at radius 3 is 2.44 bits per heavy atom. The lowest BCUT2D eigenvalue weighted by Crippen LogP contribution is -2.40. The number of benzene rings is 1. The topological polar surface area (TPSA) is 40.5 Å². The Bertz CT molecular complexity index is 376. The lowest BCUT2D eigenvalue weighted by molar-refractivity contribution is -0.130. The standard InChI is InChI=1S/C14H21NO2S/c1-11(2)15(8-9-16)14(17)10-18-13-6-4-12(3)5-7-13/h4-7,11,16H,8-10H2,1-3H3. The van der Waals surface area contributed by atoms with E-state index in [2.05, 4.69) is 0 Å². The van der Waals surface area contributed by atoms with Gasteiger partial charge in [-0.2, -0.15) is 0 Å². The maximum absolute atomic E-state index is 12.0. The van der Waals surface area contributed by atoms with Gasteiger partial charge in [-0.25, -0.2) is 0 Å². The van der Waals surface area contributed by atoms with E-state index in [9.17, 15) is 4.79 Å². The number of aliphatic hydroxyl groups excluding tert-OH is 1. The molecule has 18 heavy (non-hydrogen) atoms. The van der Waals surface area contributed by atoms with E-state index in [0.29, 0.717) is 12.3 Å². The summed E-state index contributed by atoms with van der Waals surface area (Å²) in [5.74, 6) is 0.492. The van der Waals surface area contributed by atoms with Crippen LogP contribution in [-0.4, -0.2) is 40.9 Å². The van der Waals surface area contributed by atoms with Gasteiger partial charge in [-0.15, -0.1) is 11.8 Å². The Morgan fingerprint density at radius 1 is 1.33 bits per heavy atom. The van der Waals surface area contributed by atoms with Crippen molar-refractivity contribution in [2.75, 3.05) is 18.9 Å². The highest BCUT2D eigenvalue weighted by atomic mass is 32.2. The van der Waals surface area contributed by atoms with Gasteiger partial charge in [-0.3, -0.25) is 4.79 Å². The third kappa shape index (κ3) is 4.70. The number of rotatable bonds is 6. The van der Waals surface area contributed by atoms with Crippen LogP contribution in [0.2, 0.25) is 0 Å². The number of carbonyl (C=O) groups excluding carboxylic acids is 1. The zero-order valence-corrected chi connectivity index (χ0v) is 12.0. The first-order chi connectivity index (χ1) is 8.54. The van der Waals surface area contributed by atoms with Crippen LogP contribution in [-0.2, 0) is 4.79 Å². The third-order valence-corrected chi connectivity index (χ3v) is 3.66. The molecule has 3 nitrogen and oxygen atoms in total. The molecule has 0 unspecified atom stereocenters. The second-order valence-corrected chi connectivity index (χ2v) is 5.55. The summed E-state index contributed by atoms with van der Waals surface area (Å²) in [7, 11) is 0. The number of carbonyl (C=O) groups is 1. The molecule has 0 spiro atoms. The Labute approximate surface area is 113 Å². The summed E-state index contributed by atoms with van der Waals surface area (Å²) in [5, 5.41) is 8.95. The van der Waals surface area contributed by atoms with Crippen molar-refractivity contribution in [2.45, 2.75) is 31.7 Å². The average Bonchev–Trinajstić information content (AvgIpc) is 2.34. The van der Waals surface area contributed by atoms with Crippen molar-refractivity contribution in [1.82, 2.24) is 4.90 Å². The van der Waals surface area contributed by atoms with E-state index in [4.69, 9.17) is 5.11 Å². The molecule has 4 heteroatoms. The summed E-state index contributed by atoms with van der Waals surface area (Å²) in [6.45, 7) is 6.39. The normalized spacial score (nSPS) is 10.7. The fourth-order valence-electron chi connectivity index (χ4n) is 1.64. The molecule has 0 aliphatic rings. The highest BCUT2D eigenvalue weighted by Crippen LogP contribution is 2.19. The third-order valence-electron chi connectivity index (χ3n) is 2.67. The molecule has 1 N–H and O–H groups in total.